The number of rotatable bonds is 7. The molecule has 0 fully saturated rings. The summed E-state index contributed by atoms with van der Waals surface area (Å²) in [5.74, 6) is 0. The number of aryl methyl sites for hydroxylation is 2. The van der Waals surface area contributed by atoms with Crippen molar-refractivity contribution in [2.45, 2.75) is 72.6 Å². The Bertz CT molecular complexity index is 517. The van der Waals surface area contributed by atoms with Gasteiger partial charge in [-0.25, -0.2) is 4.79 Å². The highest BCUT2D eigenvalue weighted by Crippen LogP contribution is 2.12. The molecule has 1 aromatic rings. The van der Waals surface area contributed by atoms with E-state index in [0.717, 1.165) is 25.1 Å². The van der Waals surface area contributed by atoms with Crippen LogP contribution in [0.25, 0.3) is 0 Å². The van der Waals surface area contributed by atoms with E-state index in [1.807, 2.05) is 39.4 Å². The molecule has 2 N–H and O–H groups in total. The van der Waals surface area contributed by atoms with Crippen molar-refractivity contribution in [3.05, 3.63) is 17.0 Å². The maximum Gasteiger partial charge on any atom is 0.407 e. The van der Waals surface area contributed by atoms with E-state index in [1.165, 1.54) is 11.3 Å². The van der Waals surface area contributed by atoms with Gasteiger partial charge in [-0.3, -0.25) is 4.68 Å². The highest BCUT2D eigenvalue weighted by atomic mass is 16.6. The molecular weight excluding hydrogens is 292 g/mol. The summed E-state index contributed by atoms with van der Waals surface area (Å²) in [5, 5.41) is 10.8. The number of hydrogen-bond donors (Lipinski definition) is 2. The molecule has 1 rings (SSSR count). The van der Waals surface area contributed by atoms with Crippen LogP contribution in [-0.2, 0) is 18.3 Å². The second-order valence-corrected chi connectivity index (χ2v) is 7.02. The normalized spacial score (nSPS) is 13.0. The predicted octanol–water partition coefficient (Wildman–Crippen LogP) is 2.82. The molecule has 6 heteroatoms. The molecular formula is C17H32N4O2. The third-order valence-corrected chi connectivity index (χ3v) is 3.76. The average Bonchev–Trinajstić information content (AvgIpc) is 2.65. The molecule has 0 saturated heterocycles. The third kappa shape index (κ3) is 6.60. The largest absolute Gasteiger partial charge is 0.444 e. The first-order valence-electron chi connectivity index (χ1n) is 8.33. The maximum absolute atomic E-state index is 11.8. The van der Waals surface area contributed by atoms with Crippen molar-refractivity contribution < 1.29 is 9.53 Å². The molecule has 0 aliphatic heterocycles. The van der Waals surface area contributed by atoms with Crippen LogP contribution in [0.2, 0.25) is 0 Å². The second-order valence-electron chi connectivity index (χ2n) is 7.02. The lowest BCUT2D eigenvalue weighted by Crippen LogP contribution is -2.42. The van der Waals surface area contributed by atoms with E-state index in [2.05, 4.69) is 29.6 Å². The fourth-order valence-corrected chi connectivity index (χ4v) is 2.47. The zero-order valence-corrected chi connectivity index (χ0v) is 15.6. The van der Waals surface area contributed by atoms with Crippen LogP contribution in [0.1, 0.15) is 57.5 Å². The van der Waals surface area contributed by atoms with Gasteiger partial charge in [0.15, 0.2) is 0 Å². The predicted molar refractivity (Wildman–Crippen MR) is 92.5 cm³/mol. The molecule has 1 heterocycles. The fourth-order valence-electron chi connectivity index (χ4n) is 2.47. The maximum atomic E-state index is 11.8. The number of carbonyl (C=O) groups is 1. The van der Waals surface area contributed by atoms with Crippen molar-refractivity contribution in [3.8, 4) is 0 Å². The Morgan fingerprint density at radius 3 is 2.48 bits per heavy atom. The van der Waals surface area contributed by atoms with Gasteiger partial charge in [-0.1, -0.05) is 13.3 Å². The van der Waals surface area contributed by atoms with Crippen molar-refractivity contribution in [1.29, 1.82) is 0 Å². The van der Waals surface area contributed by atoms with Gasteiger partial charge in [0, 0.05) is 37.4 Å². The minimum atomic E-state index is -0.471. The Hall–Kier alpha value is -1.56. The zero-order valence-electron chi connectivity index (χ0n) is 15.6. The van der Waals surface area contributed by atoms with Gasteiger partial charge in [0.2, 0.25) is 0 Å². The Morgan fingerprint density at radius 2 is 2.00 bits per heavy atom. The van der Waals surface area contributed by atoms with Crippen LogP contribution in [0, 0.1) is 13.8 Å². The van der Waals surface area contributed by atoms with Gasteiger partial charge in [0.1, 0.15) is 5.60 Å². The molecule has 0 saturated carbocycles. The van der Waals surface area contributed by atoms with Gasteiger partial charge in [0.05, 0.1) is 5.69 Å². The summed E-state index contributed by atoms with van der Waals surface area (Å²) in [5.41, 5.74) is 2.98. The van der Waals surface area contributed by atoms with Crippen LogP contribution in [0.5, 0.6) is 0 Å². The second kappa shape index (κ2) is 8.34. The topological polar surface area (TPSA) is 68.2 Å². The lowest BCUT2D eigenvalue weighted by molar-refractivity contribution is 0.0521. The summed E-state index contributed by atoms with van der Waals surface area (Å²) in [6.45, 7) is 13.1. The molecule has 6 nitrogen and oxygen atoms in total. The molecule has 23 heavy (non-hydrogen) atoms. The summed E-state index contributed by atoms with van der Waals surface area (Å²) in [6, 6.07) is 0.214. The zero-order chi connectivity index (χ0) is 17.6. The van der Waals surface area contributed by atoms with Crippen LogP contribution in [0.3, 0.4) is 0 Å². The van der Waals surface area contributed by atoms with E-state index in [4.69, 9.17) is 4.74 Å². The minimum Gasteiger partial charge on any atom is -0.444 e. The number of carbonyl (C=O) groups excluding carboxylic acids is 1. The van der Waals surface area contributed by atoms with E-state index >= 15 is 0 Å². The molecule has 1 unspecified atom stereocenters. The smallest absolute Gasteiger partial charge is 0.407 e. The van der Waals surface area contributed by atoms with Gasteiger partial charge in [-0.15, -0.1) is 0 Å². The summed E-state index contributed by atoms with van der Waals surface area (Å²) >= 11 is 0. The standard InChI is InChI=1S/C17H32N4O2/c1-8-9-14(10-19-16(22)23-17(4,5)6)18-11-15-12(2)20-21(7)13(15)3/h14,18H,8-11H2,1-7H3,(H,19,22). The number of ether oxygens (including phenoxy) is 1. The molecule has 0 spiro atoms. The SMILES string of the molecule is CCCC(CNC(=O)OC(C)(C)C)NCc1c(C)nn(C)c1C. The third-order valence-electron chi connectivity index (χ3n) is 3.76. The van der Waals surface area contributed by atoms with Crippen LogP contribution in [-0.4, -0.2) is 34.1 Å². The van der Waals surface area contributed by atoms with Crippen LogP contribution >= 0.6 is 0 Å². The number of hydrogen-bond acceptors (Lipinski definition) is 4. The average molecular weight is 324 g/mol. The number of amides is 1. The first kappa shape index (κ1) is 19.5. The van der Waals surface area contributed by atoms with Gasteiger partial charge in [-0.05, 0) is 41.0 Å². The van der Waals surface area contributed by atoms with E-state index < -0.39 is 5.60 Å². The van der Waals surface area contributed by atoms with Crippen molar-refractivity contribution in [3.63, 3.8) is 0 Å². The summed E-state index contributed by atoms with van der Waals surface area (Å²) in [7, 11) is 1.96. The molecule has 1 aromatic heterocycles. The summed E-state index contributed by atoms with van der Waals surface area (Å²) in [6.07, 6.45) is 1.68. The highest BCUT2D eigenvalue weighted by molar-refractivity contribution is 5.67. The number of alkyl carbamates (subject to hydrolysis) is 1. The Balaban J connectivity index is 2.53. The minimum absolute atomic E-state index is 0.214. The van der Waals surface area contributed by atoms with Crippen molar-refractivity contribution >= 4 is 6.09 Å². The van der Waals surface area contributed by atoms with Crippen LogP contribution in [0.15, 0.2) is 0 Å². The lowest BCUT2D eigenvalue weighted by Gasteiger charge is -2.22. The first-order chi connectivity index (χ1) is 10.6. The number of aromatic nitrogens is 2. The van der Waals surface area contributed by atoms with E-state index in [9.17, 15) is 4.79 Å². The Kier molecular flexibility index (Phi) is 7.06. The molecule has 0 bridgehead atoms. The van der Waals surface area contributed by atoms with Gasteiger partial charge in [-0.2, -0.15) is 5.10 Å². The van der Waals surface area contributed by atoms with E-state index in [-0.39, 0.29) is 12.1 Å². The van der Waals surface area contributed by atoms with Gasteiger partial charge < -0.3 is 15.4 Å². The van der Waals surface area contributed by atoms with Crippen molar-refractivity contribution in [1.82, 2.24) is 20.4 Å². The molecule has 0 radical (unpaired) electrons. The molecule has 1 atom stereocenters. The quantitative estimate of drug-likeness (QED) is 0.809. The fraction of sp³-hybridized carbons (Fsp3) is 0.765. The monoisotopic (exact) mass is 324 g/mol. The molecule has 1 amide bonds. The molecule has 0 aromatic carbocycles. The van der Waals surface area contributed by atoms with Gasteiger partial charge >= 0.3 is 6.09 Å². The van der Waals surface area contributed by atoms with Crippen LogP contribution < -0.4 is 10.6 Å². The van der Waals surface area contributed by atoms with Crippen molar-refractivity contribution in [2.24, 2.45) is 7.05 Å². The summed E-state index contributed by atoms with van der Waals surface area (Å²) < 4.78 is 7.18. The Labute approximate surface area is 140 Å². The Morgan fingerprint density at radius 1 is 1.35 bits per heavy atom. The molecule has 0 aliphatic carbocycles. The number of nitrogens with one attached hydrogen (secondary N) is 2. The van der Waals surface area contributed by atoms with Crippen molar-refractivity contribution in [2.75, 3.05) is 6.54 Å². The molecule has 132 valence electrons. The van der Waals surface area contributed by atoms with E-state index in [1.54, 1.807) is 0 Å². The summed E-state index contributed by atoms with van der Waals surface area (Å²) in [4.78, 5) is 11.8. The lowest BCUT2D eigenvalue weighted by atomic mass is 10.1. The van der Waals surface area contributed by atoms with Crippen LogP contribution in [0.4, 0.5) is 4.79 Å². The van der Waals surface area contributed by atoms with E-state index in [0.29, 0.717) is 6.54 Å². The molecule has 0 aliphatic rings. The highest BCUT2D eigenvalue weighted by Gasteiger charge is 2.18. The first-order valence-corrected chi connectivity index (χ1v) is 8.33. The number of nitrogens with zero attached hydrogens (tertiary/aromatic N) is 2. The van der Waals surface area contributed by atoms with Gasteiger partial charge in [0.25, 0.3) is 0 Å².